The summed E-state index contributed by atoms with van der Waals surface area (Å²) >= 11 is 0. The van der Waals surface area contributed by atoms with Crippen molar-refractivity contribution in [2.75, 3.05) is 27.3 Å². The van der Waals surface area contributed by atoms with Crippen molar-refractivity contribution in [2.45, 2.75) is 12.8 Å². The first-order valence-corrected chi connectivity index (χ1v) is 9.35. The van der Waals surface area contributed by atoms with Crippen molar-refractivity contribution < 1.29 is 18.8 Å². The van der Waals surface area contributed by atoms with Crippen LogP contribution >= 0.6 is 0 Å². The second-order valence-corrected chi connectivity index (χ2v) is 7.09. The first-order chi connectivity index (χ1) is 14.1. The van der Waals surface area contributed by atoms with Gasteiger partial charge in [0.15, 0.2) is 0 Å². The minimum Gasteiger partial charge on any atom is -0.497 e. The summed E-state index contributed by atoms with van der Waals surface area (Å²) in [6.07, 6.45) is 3.37. The number of hydrogen-bond donors (Lipinski definition) is 0. The first kappa shape index (κ1) is 18.9. The van der Waals surface area contributed by atoms with Gasteiger partial charge in [-0.05, 0) is 30.2 Å². The molecule has 1 aliphatic rings. The standard InChI is InChI=1S/C21H22N4O4/c1-13-11-25(21(26)15-8-16(27-2)10-17(9-15)28-3)12-18(13)20-23-19(24-29-20)14-4-6-22-7-5-14/h4-10,13,18H,11-12H2,1-3H3. The monoisotopic (exact) mass is 394 g/mol. The summed E-state index contributed by atoms with van der Waals surface area (Å²) in [7, 11) is 3.12. The molecule has 8 heteroatoms. The molecule has 150 valence electrons. The summed E-state index contributed by atoms with van der Waals surface area (Å²) in [5, 5.41) is 4.09. The smallest absolute Gasteiger partial charge is 0.254 e. The summed E-state index contributed by atoms with van der Waals surface area (Å²) in [6.45, 7) is 3.20. The Bertz CT molecular complexity index is 983. The average Bonchev–Trinajstić information content (AvgIpc) is 3.40. The Morgan fingerprint density at radius 2 is 1.79 bits per heavy atom. The minimum absolute atomic E-state index is 0.0189. The highest BCUT2D eigenvalue weighted by atomic mass is 16.5. The van der Waals surface area contributed by atoms with Gasteiger partial charge in [0.25, 0.3) is 5.91 Å². The largest absolute Gasteiger partial charge is 0.497 e. The summed E-state index contributed by atoms with van der Waals surface area (Å²) in [4.78, 5) is 23.4. The molecule has 8 nitrogen and oxygen atoms in total. The van der Waals surface area contributed by atoms with Crippen LogP contribution < -0.4 is 9.47 Å². The number of carbonyl (C=O) groups excluding carboxylic acids is 1. The molecule has 2 aromatic heterocycles. The Balaban J connectivity index is 1.53. The number of hydrogen-bond acceptors (Lipinski definition) is 7. The normalized spacial score (nSPS) is 18.7. The topological polar surface area (TPSA) is 90.6 Å². The SMILES string of the molecule is COc1cc(OC)cc(C(=O)N2CC(C)C(c3nc(-c4ccncc4)no3)C2)c1. The van der Waals surface area contributed by atoms with Crippen LogP contribution in [0.15, 0.2) is 47.2 Å². The molecular formula is C21H22N4O4. The highest BCUT2D eigenvalue weighted by molar-refractivity contribution is 5.95. The maximum Gasteiger partial charge on any atom is 0.254 e. The van der Waals surface area contributed by atoms with E-state index in [2.05, 4.69) is 22.0 Å². The molecule has 0 aliphatic carbocycles. The highest BCUT2D eigenvalue weighted by Crippen LogP contribution is 2.34. The van der Waals surface area contributed by atoms with E-state index in [-0.39, 0.29) is 17.7 Å². The van der Waals surface area contributed by atoms with Crippen LogP contribution in [0.2, 0.25) is 0 Å². The number of likely N-dealkylation sites (tertiary alicyclic amines) is 1. The molecule has 1 fully saturated rings. The molecule has 0 N–H and O–H groups in total. The zero-order chi connectivity index (χ0) is 20.4. The number of aromatic nitrogens is 3. The summed E-state index contributed by atoms with van der Waals surface area (Å²) in [5.41, 5.74) is 1.37. The molecule has 1 saturated heterocycles. The molecular weight excluding hydrogens is 372 g/mol. The molecule has 3 heterocycles. The summed E-state index contributed by atoms with van der Waals surface area (Å²) in [5.74, 6) is 2.32. The number of amides is 1. The Hall–Kier alpha value is -3.42. The van der Waals surface area contributed by atoms with Crippen molar-refractivity contribution in [1.29, 1.82) is 0 Å². The number of methoxy groups -OCH3 is 2. The van der Waals surface area contributed by atoms with Gasteiger partial charge in [-0.15, -0.1) is 0 Å². The molecule has 0 bridgehead atoms. The molecule has 0 saturated carbocycles. The van der Waals surface area contributed by atoms with E-state index in [0.29, 0.717) is 41.9 Å². The Labute approximate surface area is 168 Å². The molecule has 3 aromatic rings. The molecule has 2 atom stereocenters. The zero-order valence-electron chi connectivity index (χ0n) is 16.5. The van der Waals surface area contributed by atoms with E-state index in [9.17, 15) is 4.79 Å². The van der Waals surface area contributed by atoms with Gasteiger partial charge in [-0.3, -0.25) is 9.78 Å². The molecule has 1 aliphatic heterocycles. The van der Waals surface area contributed by atoms with E-state index >= 15 is 0 Å². The number of rotatable bonds is 5. The van der Waals surface area contributed by atoms with E-state index in [1.807, 2.05) is 12.1 Å². The van der Waals surface area contributed by atoms with Crippen LogP contribution in [0, 0.1) is 5.92 Å². The fraction of sp³-hybridized carbons (Fsp3) is 0.333. The number of pyridine rings is 1. The van der Waals surface area contributed by atoms with Crippen LogP contribution in [0.1, 0.15) is 29.1 Å². The van der Waals surface area contributed by atoms with Gasteiger partial charge in [0.2, 0.25) is 11.7 Å². The van der Waals surface area contributed by atoms with E-state index in [4.69, 9.17) is 14.0 Å². The third-order valence-corrected chi connectivity index (χ3v) is 5.20. The average molecular weight is 394 g/mol. The van der Waals surface area contributed by atoms with Gasteiger partial charge < -0.3 is 18.9 Å². The van der Waals surface area contributed by atoms with Crippen molar-refractivity contribution in [2.24, 2.45) is 5.92 Å². The Kier molecular flexibility index (Phi) is 5.16. The maximum absolute atomic E-state index is 13.1. The number of nitrogens with zero attached hydrogens (tertiary/aromatic N) is 4. The lowest BCUT2D eigenvalue weighted by atomic mass is 9.98. The Morgan fingerprint density at radius 1 is 1.10 bits per heavy atom. The summed E-state index contributed by atoms with van der Waals surface area (Å²) in [6, 6.07) is 8.84. The van der Waals surface area contributed by atoms with Gasteiger partial charge in [0, 0.05) is 42.7 Å². The predicted octanol–water partition coefficient (Wildman–Crippen LogP) is 3.02. The number of carbonyl (C=O) groups is 1. The second kappa shape index (κ2) is 7.90. The van der Waals surface area contributed by atoms with Crippen LogP contribution in [0.25, 0.3) is 11.4 Å². The first-order valence-electron chi connectivity index (χ1n) is 9.35. The fourth-order valence-electron chi connectivity index (χ4n) is 3.57. The second-order valence-electron chi connectivity index (χ2n) is 7.09. The zero-order valence-corrected chi connectivity index (χ0v) is 16.5. The van der Waals surface area contributed by atoms with Crippen LogP contribution in [-0.2, 0) is 0 Å². The molecule has 4 rings (SSSR count). The van der Waals surface area contributed by atoms with E-state index in [1.165, 1.54) is 0 Å². The van der Waals surface area contributed by atoms with Gasteiger partial charge in [-0.25, -0.2) is 0 Å². The highest BCUT2D eigenvalue weighted by Gasteiger charge is 2.37. The van der Waals surface area contributed by atoms with E-state index in [1.54, 1.807) is 49.7 Å². The molecule has 1 aromatic carbocycles. The quantitative estimate of drug-likeness (QED) is 0.657. The van der Waals surface area contributed by atoms with Crippen LogP contribution in [-0.4, -0.2) is 53.2 Å². The Morgan fingerprint density at radius 3 is 2.45 bits per heavy atom. The van der Waals surface area contributed by atoms with Gasteiger partial charge >= 0.3 is 0 Å². The number of ether oxygens (including phenoxy) is 2. The van der Waals surface area contributed by atoms with Gasteiger partial charge in [-0.2, -0.15) is 4.98 Å². The lowest BCUT2D eigenvalue weighted by Gasteiger charge is -2.17. The van der Waals surface area contributed by atoms with Crippen molar-refractivity contribution in [3.8, 4) is 22.9 Å². The summed E-state index contributed by atoms with van der Waals surface area (Å²) < 4.78 is 16.1. The molecule has 2 unspecified atom stereocenters. The predicted molar refractivity (Wildman–Crippen MR) is 105 cm³/mol. The van der Waals surface area contributed by atoms with E-state index < -0.39 is 0 Å². The fourth-order valence-corrected chi connectivity index (χ4v) is 3.57. The minimum atomic E-state index is -0.0783. The molecule has 0 radical (unpaired) electrons. The van der Waals surface area contributed by atoms with Crippen molar-refractivity contribution in [1.82, 2.24) is 20.0 Å². The molecule has 29 heavy (non-hydrogen) atoms. The van der Waals surface area contributed by atoms with Crippen LogP contribution in [0.5, 0.6) is 11.5 Å². The van der Waals surface area contributed by atoms with E-state index in [0.717, 1.165) is 5.56 Å². The number of benzene rings is 1. The van der Waals surface area contributed by atoms with Gasteiger partial charge in [0.1, 0.15) is 11.5 Å². The van der Waals surface area contributed by atoms with Crippen molar-refractivity contribution >= 4 is 5.91 Å². The maximum atomic E-state index is 13.1. The molecule has 1 amide bonds. The lowest BCUT2D eigenvalue weighted by molar-refractivity contribution is 0.0785. The van der Waals surface area contributed by atoms with Crippen molar-refractivity contribution in [3.05, 3.63) is 54.2 Å². The van der Waals surface area contributed by atoms with Crippen molar-refractivity contribution in [3.63, 3.8) is 0 Å². The lowest BCUT2D eigenvalue weighted by Crippen LogP contribution is -2.28. The third-order valence-electron chi connectivity index (χ3n) is 5.20. The third kappa shape index (κ3) is 3.78. The van der Waals surface area contributed by atoms with Gasteiger partial charge in [-0.1, -0.05) is 12.1 Å². The molecule has 0 spiro atoms. The van der Waals surface area contributed by atoms with Crippen LogP contribution in [0.3, 0.4) is 0 Å². The van der Waals surface area contributed by atoms with Crippen LogP contribution in [0.4, 0.5) is 0 Å². The van der Waals surface area contributed by atoms with Gasteiger partial charge in [0.05, 0.1) is 20.1 Å².